The fourth-order valence-electron chi connectivity index (χ4n) is 0.892. The number of carbonyl (C=O) groups is 1. The lowest BCUT2D eigenvalue weighted by molar-refractivity contribution is 0.0794. The molecule has 0 radical (unpaired) electrons. The molecule has 6 heteroatoms. The third kappa shape index (κ3) is 2.63. The molecule has 13 heavy (non-hydrogen) atoms. The highest BCUT2D eigenvalue weighted by Gasteiger charge is 2.15. The van der Waals surface area contributed by atoms with Crippen molar-refractivity contribution in [1.29, 1.82) is 0 Å². The van der Waals surface area contributed by atoms with Crippen molar-refractivity contribution in [3.63, 3.8) is 0 Å². The molecule has 4 nitrogen and oxygen atoms in total. The van der Waals surface area contributed by atoms with Gasteiger partial charge in [0.25, 0.3) is 5.91 Å². The van der Waals surface area contributed by atoms with Gasteiger partial charge in [-0.2, -0.15) is 0 Å². The average Bonchev–Trinajstić information content (AvgIpc) is 2.51. The van der Waals surface area contributed by atoms with E-state index < -0.39 is 0 Å². The van der Waals surface area contributed by atoms with E-state index in [4.69, 9.17) is 11.6 Å². The minimum absolute atomic E-state index is 0.119. The molecule has 1 aromatic rings. The van der Waals surface area contributed by atoms with Crippen molar-refractivity contribution >= 4 is 28.8 Å². The summed E-state index contributed by atoms with van der Waals surface area (Å²) in [6.07, 6.45) is 0.925. The zero-order valence-corrected chi connectivity index (χ0v) is 9.02. The number of amides is 1. The third-order valence-corrected chi connectivity index (χ3v) is 2.50. The summed E-state index contributed by atoms with van der Waals surface area (Å²) >= 11 is 6.66. The minimum atomic E-state index is -0.119. The summed E-state index contributed by atoms with van der Waals surface area (Å²) in [4.78, 5) is 13.1. The molecule has 0 saturated carbocycles. The fraction of sp³-hybridized carbons (Fsp3) is 0.571. The molecule has 0 saturated heterocycles. The molecule has 0 N–H and O–H groups in total. The predicted octanol–water partition coefficient (Wildman–Crippen LogP) is 1.67. The van der Waals surface area contributed by atoms with Crippen LogP contribution in [0.25, 0.3) is 0 Å². The molecule has 72 valence electrons. The van der Waals surface area contributed by atoms with Crippen molar-refractivity contribution in [2.75, 3.05) is 13.6 Å². The smallest absolute Gasteiger partial charge is 0.284 e. The minimum Gasteiger partial charge on any atom is -0.340 e. The summed E-state index contributed by atoms with van der Waals surface area (Å²) in [6.45, 7) is 2.73. The van der Waals surface area contributed by atoms with Gasteiger partial charge in [0.05, 0.1) is 0 Å². The van der Waals surface area contributed by atoms with Crippen LogP contribution in [0.3, 0.4) is 0 Å². The van der Waals surface area contributed by atoms with Crippen molar-refractivity contribution in [2.45, 2.75) is 13.3 Å². The SMILES string of the molecule is CCCN(C)C(=O)c1nnc(Cl)s1. The zero-order valence-electron chi connectivity index (χ0n) is 7.45. The maximum Gasteiger partial charge on any atom is 0.284 e. The highest BCUT2D eigenvalue weighted by atomic mass is 35.5. The van der Waals surface area contributed by atoms with Gasteiger partial charge in [-0.25, -0.2) is 0 Å². The van der Waals surface area contributed by atoms with Crippen LogP contribution in [0.4, 0.5) is 0 Å². The number of rotatable bonds is 3. The van der Waals surface area contributed by atoms with E-state index in [-0.39, 0.29) is 5.91 Å². The molecule has 1 amide bonds. The lowest BCUT2D eigenvalue weighted by atomic mass is 10.4. The monoisotopic (exact) mass is 219 g/mol. The Labute approximate surface area is 85.5 Å². The van der Waals surface area contributed by atoms with E-state index >= 15 is 0 Å². The van der Waals surface area contributed by atoms with E-state index in [9.17, 15) is 4.79 Å². The molecule has 0 aromatic carbocycles. The molecule has 1 heterocycles. The second kappa shape index (κ2) is 4.53. The second-order valence-corrected chi connectivity index (χ2v) is 4.15. The fourth-order valence-corrected chi connectivity index (χ4v) is 1.72. The van der Waals surface area contributed by atoms with Crippen LogP contribution in [-0.2, 0) is 0 Å². The van der Waals surface area contributed by atoms with Crippen molar-refractivity contribution in [2.24, 2.45) is 0 Å². The summed E-state index contributed by atoms with van der Waals surface area (Å²) in [5.74, 6) is -0.119. The van der Waals surface area contributed by atoms with Gasteiger partial charge in [0, 0.05) is 13.6 Å². The number of carbonyl (C=O) groups excluding carboxylic acids is 1. The van der Waals surface area contributed by atoms with E-state index in [0.29, 0.717) is 9.47 Å². The largest absolute Gasteiger partial charge is 0.340 e. The quantitative estimate of drug-likeness (QED) is 0.777. The Balaban J connectivity index is 2.67. The van der Waals surface area contributed by atoms with Crippen LogP contribution in [0.2, 0.25) is 4.47 Å². The number of nitrogens with zero attached hydrogens (tertiary/aromatic N) is 3. The highest BCUT2D eigenvalue weighted by Crippen LogP contribution is 2.15. The molecule has 0 aliphatic rings. The molecular formula is C7H10ClN3OS. The molecule has 0 atom stereocenters. The van der Waals surface area contributed by atoms with E-state index in [0.717, 1.165) is 24.3 Å². The summed E-state index contributed by atoms with van der Waals surface area (Å²) in [5.41, 5.74) is 0. The molecule has 0 aliphatic heterocycles. The molecule has 0 bridgehead atoms. The Morgan fingerprint density at radius 3 is 2.77 bits per heavy atom. The molecule has 1 aromatic heterocycles. The zero-order chi connectivity index (χ0) is 9.84. The number of hydrogen-bond acceptors (Lipinski definition) is 4. The summed E-state index contributed by atoms with van der Waals surface area (Å²) in [5, 5.41) is 7.58. The van der Waals surface area contributed by atoms with E-state index in [1.807, 2.05) is 6.92 Å². The maximum absolute atomic E-state index is 11.5. The van der Waals surface area contributed by atoms with E-state index in [1.165, 1.54) is 0 Å². The number of aromatic nitrogens is 2. The number of halogens is 1. The lowest BCUT2D eigenvalue weighted by Crippen LogP contribution is -2.27. The molecule has 0 aliphatic carbocycles. The van der Waals surface area contributed by atoms with Crippen molar-refractivity contribution in [1.82, 2.24) is 15.1 Å². The summed E-state index contributed by atoms with van der Waals surface area (Å²) in [6, 6.07) is 0. The first-order valence-electron chi connectivity index (χ1n) is 3.89. The van der Waals surface area contributed by atoms with E-state index in [1.54, 1.807) is 11.9 Å². The standard InChI is InChI=1S/C7H10ClN3OS/c1-3-4-11(2)6(12)5-9-10-7(8)13-5/h3-4H2,1-2H3. The normalized spacial score (nSPS) is 10.1. The van der Waals surface area contributed by atoms with E-state index in [2.05, 4.69) is 10.2 Å². The Morgan fingerprint density at radius 1 is 1.62 bits per heavy atom. The van der Waals surface area contributed by atoms with Gasteiger partial charge in [-0.1, -0.05) is 18.3 Å². The Hall–Kier alpha value is -0.680. The molecule has 0 fully saturated rings. The van der Waals surface area contributed by atoms with Crippen LogP contribution in [0.5, 0.6) is 0 Å². The van der Waals surface area contributed by atoms with Gasteiger partial charge in [-0.3, -0.25) is 4.79 Å². The maximum atomic E-state index is 11.5. The first-order chi connectivity index (χ1) is 6.15. The van der Waals surface area contributed by atoms with Gasteiger partial charge >= 0.3 is 0 Å². The second-order valence-electron chi connectivity index (χ2n) is 2.59. The van der Waals surface area contributed by atoms with Crippen molar-refractivity contribution < 1.29 is 4.79 Å². The van der Waals surface area contributed by atoms with Crippen molar-refractivity contribution in [3.05, 3.63) is 9.47 Å². The third-order valence-electron chi connectivity index (χ3n) is 1.49. The first-order valence-corrected chi connectivity index (χ1v) is 5.09. The van der Waals surface area contributed by atoms with Gasteiger partial charge < -0.3 is 4.90 Å². The Morgan fingerprint density at radius 2 is 2.31 bits per heavy atom. The van der Waals surface area contributed by atoms with Crippen LogP contribution in [0, 0.1) is 0 Å². The summed E-state index contributed by atoms with van der Waals surface area (Å²) in [7, 11) is 1.74. The number of hydrogen-bond donors (Lipinski definition) is 0. The molecular weight excluding hydrogens is 210 g/mol. The van der Waals surface area contributed by atoms with Gasteiger partial charge in [-0.15, -0.1) is 10.2 Å². The molecule has 0 unspecified atom stereocenters. The highest BCUT2D eigenvalue weighted by molar-refractivity contribution is 7.17. The lowest BCUT2D eigenvalue weighted by Gasteiger charge is -2.13. The van der Waals surface area contributed by atoms with Crippen LogP contribution in [0.15, 0.2) is 0 Å². The van der Waals surface area contributed by atoms with Gasteiger partial charge in [0.2, 0.25) is 9.47 Å². The average molecular weight is 220 g/mol. The molecule has 0 spiro atoms. The van der Waals surface area contributed by atoms with Crippen LogP contribution in [0.1, 0.15) is 23.1 Å². The topological polar surface area (TPSA) is 46.1 Å². The van der Waals surface area contributed by atoms with Crippen molar-refractivity contribution in [3.8, 4) is 0 Å². The van der Waals surface area contributed by atoms with Gasteiger partial charge in [0.1, 0.15) is 0 Å². The van der Waals surface area contributed by atoms with Crippen LogP contribution < -0.4 is 0 Å². The van der Waals surface area contributed by atoms with Crippen LogP contribution >= 0.6 is 22.9 Å². The van der Waals surface area contributed by atoms with Crippen LogP contribution in [-0.4, -0.2) is 34.6 Å². The Bertz CT molecular complexity index is 302. The Kier molecular flexibility index (Phi) is 3.62. The summed E-state index contributed by atoms with van der Waals surface area (Å²) < 4.78 is 0.299. The van der Waals surface area contributed by atoms with Gasteiger partial charge in [0.15, 0.2) is 0 Å². The van der Waals surface area contributed by atoms with Gasteiger partial charge in [-0.05, 0) is 18.0 Å². The molecule has 1 rings (SSSR count). The first kappa shape index (κ1) is 10.4. The predicted molar refractivity (Wildman–Crippen MR) is 52.2 cm³/mol.